The first-order chi connectivity index (χ1) is 12.4. The summed E-state index contributed by atoms with van der Waals surface area (Å²) in [6.45, 7) is -0.623. The van der Waals surface area contributed by atoms with E-state index in [-0.39, 0.29) is 0 Å². The Bertz CT molecular complexity index is 815. The summed E-state index contributed by atoms with van der Waals surface area (Å²) in [6.07, 6.45) is 2.08. The van der Waals surface area contributed by atoms with Crippen molar-refractivity contribution in [3.05, 3.63) is 64.7 Å². The summed E-state index contributed by atoms with van der Waals surface area (Å²) >= 11 is 5.88. The average molecular weight is 380 g/mol. The molecule has 0 atom stereocenters. The minimum atomic E-state index is -0.902. The van der Waals surface area contributed by atoms with Gasteiger partial charge < -0.3 is 10.1 Å². The topological polar surface area (TPSA) is 55.4 Å². The van der Waals surface area contributed by atoms with E-state index < -0.39 is 41.2 Å². The summed E-state index contributed by atoms with van der Waals surface area (Å²) in [6, 6.07) is 10.1. The smallest absolute Gasteiger partial charge is 0.317 e. The van der Waals surface area contributed by atoms with Crippen molar-refractivity contribution in [3.63, 3.8) is 0 Å². The molecule has 1 fully saturated rings. The monoisotopic (exact) mass is 379 g/mol. The maximum absolute atomic E-state index is 13.5. The molecule has 3 rings (SSSR count). The van der Waals surface area contributed by atoms with Gasteiger partial charge in [-0.25, -0.2) is 8.78 Å². The van der Waals surface area contributed by atoms with Crippen molar-refractivity contribution in [1.82, 2.24) is 0 Å². The third-order valence-corrected chi connectivity index (χ3v) is 4.81. The fourth-order valence-electron chi connectivity index (χ4n) is 2.97. The third-order valence-electron chi connectivity index (χ3n) is 4.56. The van der Waals surface area contributed by atoms with E-state index in [0.29, 0.717) is 17.9 Å². The van der Waals surface area contributed by atoms with Gasteiger partial charge in [0.05, 0.1) is 5.41 Å². The number of anilines is 1. The molecule has 7 heteroatoms. The van der Waals surface area contributed by atoms with Crippen LogP contribution in [0.1, 0.15) is 24.8 Å². The van der Waals surface area contributed by atoms with E-state index in [9.17, 15) is 18.4 Å². The van der Waals surface area contributed by atoms with Crippen LogP contribution in [0.15, 0.2) is 42.5 Å². The lowest BCUT2D eigenvalue weighted by atomic mass is 9.64. The number of benzene rings is 2. The molecule has 1 aliphatic carbocycles. The van der Waals surface area contributed by atoms with Crippen LogP contribution in [-0.2, 0) is 19.7 Å². The van der Waals surface area contributed by atoms with Gasteiger partial charge in [-0.3, -0.25) is 9.59 Å². The van der Waals surface area contributed by atoms with Gasteiger partial charge in [-0.05, 0) is 42.7 Å². The predicted molar refractivity (Wildman–Crippen MR) is 92.9 cm³/mol. The van der Waals surface area contributed by atoms with Gasteiger partial charge >= 0.3 is 5.97 Å². The maximum Gasteiger partial charge on any atom is 0.317 e. The predicted octanol–water partition coefficient (Wildman–Crippen LogP) is 4.22. The molecule has 1 aliphatic rings. The Morgan fingerprint density at radius 3 is 2.23 bits per heavy atom. The summed E-state index contributed by atoms with van der Waals surface area (Å²) < 4.78 is 32.2. The lowest BCUT2D eigenvalue weighted by Gasteiger charge is -2.39. The molecule has 0 saturated heterocycles. The van der Waals surface area contributed by atoms with Crippen LogP contribution in [0.4, 0.5) is 14.5 Å². The van der Waals surface area contributed by atoms with Gasteiger partial charge in [0, 0.05) is 5.02 Å². The number of amides is 1. The van der Waals surface area contributed by atoms with Gasteiger partial charge in [-0.15, -0.1) is 0 Å². The van der Waals surface area contributed by atoms with Crippen molar-refractivity contribution < 1.29 is 23.1 Å². The molecule has 4 nitrogen and oxygen atoms in total. The Kier molecular flexibility index (Phi) is 5.23. The molecule has 1 saturated carbocycles. The Morgan fingerprint density at radius 2 is 1.69 bits per heavy atom. The summed E-state index contributed by atoms with van der Waals surface area (Å²) in [4.78, 5) is 24.4. The largest absolute Gasteiger partial charge is 0.455 e. The average Bonchev–Trinajstić information content (AvgIpc) is 2.57. The van der Waals surface area contributed by atoms with Crippen LogP contribution < -0.4 is 5.32 Å². The van der Waals surface area contributed by atoms with Gasteiger partial charge in [0.1, 0.15) is 17.3 Å². The lowest BCUT2D eigenvalue weighted by Crippen LogP contribution is -2.44. The van der Waals surface area contributed by atoms with Crippen LogP contribution in [0.3, 0.4) is 0 Å². The molecular weight excluding hydrogens is 364 g/mol. The van der Waals surface area contributed by atoms with Crippen LogP contribution >= 0.6 is 11.6 Å². The highest BCUT2D eigenvalue weighted by atomic mass is 35.5. The van der Waals surface area contributed by atoms with Crippen LogP contribution in [0, 0.1) is 11.6 Å². The fourth-order valence-corrected chi connectivity index (χ4v) is 3.10. The van der Waals surface area contributed by atoms with E-state index >= 15 is 0 Å². The fraction of sp³-hybridized carbons (Fsp3) is 0.263. The van der Waals surface area contributed by atoms with E-state index in [1.807, 2.05) is 0 Å². The molecule has 0 unspecified atom stereocenters. The first-order valence-electron chi connectivity index (χ1n) is 8.09. The standard InChI is InChI=1S/C19H16ClF2NO3/c20-13-7-5-12(6-8-13)19(9-2-10-19)18(25)26-11-16(24)23-17-14(21)3-1-4-15(17)22/h1,3-8H,2,9-11H2,(H,23,24). The molecular formula is C19H16ClF2NO3. The summed E-state index contributed by atoms with van der Waals surface area (Å²) in [5.74, 6) is -3.15. The van der Waals surface area contributed by atoms with Crippen LogP contribution in [0.2, 0.25) is 5.02 Å². The SMILES string of the molecule is O=C(COC(=O)C1(c2ccc(Cl)cc2)CCC1)Nc1c(F)cccc1F. The van der Waals surface area contributed by atoms with Crippen LogP contribution in [0.5, 0.6) is 0 Å². The highest BCUT2D eigenvalue weighted by Gasteiger charge is 2.47. The van der Waals surface area contributed by atoms with Crippen LogP contribution in [-0.4, -0.2) is 18.5 Å². The van der Waals surface area contributed by atoms with Crippen molar-refractivity contribution in [2.45, 2.75) is 24.7 Å². The molecule has 1 amide bonds. The number of rotatable bonds is 5. The normalized spacial score (nSPS) is 15.0. The second-order valence-corrected chi connectivity index (χ2v) is 6.60. The van der Waals surface area contributed by atoms with Crippen molar-refractivity contribution in [1.29, 1.82) is 0 Å². The Balaban J connectivity index is 1.64. The van der Waals surface area contributed by atoms with Crippen molar-refractivity contribution in [3.8, 4) is 0 Å². The summed E-state index contributed by atoms with van der Waals surface area (Å²) in [7, 11) is 0. The first-order valence-corrected chi connectivity index (χ1v) is 8.47. The van der Waals surface area contributed by atoms with Crippen LogP contribution in [0.25, 0.3) is 0 Å². The first kappa shape index (κ1) is 18.3. The van der Waals surface area contributed by atoms with Crippen molar-refractivity contribution in [2.24, 2.45) is 0 Å². The minimum absolute atomic E-state index is 0.532. The van der Waals surface area contributed by atoms with Gasteiger partial charge in [-0.2, -0.15) is 0 Å². The molecule has 0 aromatic heterocycles. The molecule has 0 heterocycles. The minimum Gasteiger partial charge on any atom is -0.455 e. The van der Waals surface area contributed by atoms with Gasteiger partial charge in [0.25, 0.3) is 5.91 Å². The second kappa shape index (κ2) is 7.41. The maximum atomic E-state index is 13.5. The molecule has 1 N–H and O–H groups in total. The highest BCUT2D eigenvalue weighted by molar-refractivity contribution is 6.30. The number of carbonyl (C=O) groups is 2. The zero-order chi connectivity index (χ0) is 18.7. The molecule has 2 aromatic carbocycles. The molecule has 136 valence electrons. The number of para-hydroxylation sites is 1. The molecule has 0 aliphatic heterocycles. The number of hydrogen-bond donors (Lipinski definition) is 1. The number of carbonyl (C=O) groups excluding carboxylic acids is 2. The molecule has 2 aromatic rings. The van der Waals surface area contributed by atoms with E-state index in [1.54, 1.807) is 24.3 Å². The van der Waals surface area contributed by atoms with Gasteiger partial charge in [-0.1, -0.05) is 36.2 Å². The Hall–Kier alpha value is -2.47. The Morgan fingerprint density at radius 1 is 1.08 bits per heavy atom. The summed E-state index contributed by atoms with van der Waals surface area (Å²) in [5.41, 5.74) is -0.586. The number of esters is 1. The van der Waals surface area contributed by atoms with E-state index in [4.69, 9.17) is 16.3 Å². The van der Waals surface area contributed by atoms with E-state index in [0.717, 1.165) is 24.1 Å². The van der Waals surface area contributed by atoms with Crippen molar-refractivity contribution in [2.75, 3.05) is 11.9 Å². The number of ether oxygens (including phenoxy) is 1. The van der Waals surface area contributed by atoms with Gasteiger partial charge in [0.15, 0.2) is 6.61 Å². The van der Waals surface area contributed by atoms with E-state index in [2.05, 4.69) is 5.32 Å². The van der Waals surface area contributed by atoms with Gasteiger partial charge in [0.2, 0.25) is 0 Å². The third kappa shape index (κ3) is 3.55. The molecule has 0 bridgehead atoms. The molecule has 0 radical (unpaired) electrons. The second-order valence-electron chi connectivity index (χ2n) is 6.16. The summed E-state index contributed by atoms with van der Waals surface area (Å²) in [5, 5.41) is 2.64. The number of hydrogen-bond acceptors (Lipinski definition) is 3. The quantitative estimate of drug-likeness (QED) is 0.791. The molecule has 0 spiro atoms. The zero-order valence-electron chi connectivity index (χ0n) is 13.7. The lowest BCUT2D eigenvalue weighted by molar-refractivity contribution is -0.156. The highest BCUT2D eigenvalue weighted by Crippen LogP contribution is 2.45. The zero-order valence-corrected chi connectivity index (χ0v) is 14.5. The van der Waals surface area contributed by atoms with E-state index in [1.165, 1.54) is 6.07 Å². The number of halogens is 3. The number of nitrogens with one attached hydrogen (secondary N) is 1. The molecule has 26 heavy (non-hydrogen) atoms. The van der Waals surface area contributed by atoms with Crippen molar-refractivity contribution >= 4 is 29.2 Å². The Labute approximate surface area is 154 Å².